The lowest BCUT2D eigenvalue weighted by Gasteiger charge is -2.35. The first-order valence-electron chi connectivity index (χ1n) is 6.96. The van der Waals surface area contributed by atoms with Crippen molar-refractivity contribution in [2.24, 2.45) is 0 Å². The number of rotatable bonds is 3. The van der Waals surface area contributed by atoms with Crippen LogP contribution in [0.4, 0.5) is 0 Å². The number of hydrogen-bond acceptors (Lipinski definition) is 3. The van der Waals surface area contributed by atoms with Crippen LogP contribution in [0.5, 0.6) is 0 Å². The summed E-state index contributed by atoms with van der Waals surface area (Å²) in [6.45, 7) is 8.38. The standard InChI is InChI=1S/C15H24N2O/c1-11(2)15-7-6-13(9-16-15)12(3)17-8-4-5-14(18)10-17/h6-7,9,11-12,14,18H,4-5,8,10H2,1-3H3/t12-,14+/m0/s1. The van der Waals surface area contributed by atoms with Gasteiger partial charge in [-0.2, -0.15) is 0 Å². The molecule has 1 saturated heterocycles. The largest absolute Gasteiger partial charge is 0.392 e. The Morgan fingerprint density at radius 3 is 2.67 bits per heavy atom. The van der Waals surface area contributed by atoms with Gasteiger partial charge in [-0.25, -0.2) is 0 Å². The van der Waals surface area contributed by atoms with E-state index in [0.29, 0.717) is 12.0 Å². The van der Waals surface area contributed by atoms with E-state index in [1.165, 1.54) is 5.56 Å². The van der Waals surface area contributed by atoms with E-state index in [0.717, 1.165) is 31.6 Å². The second kappa shape index (κ2) is 5.81. The van der Waals surface area contributed by atoms with Crippen molar-refractivity contribution in [3.63, 3.8) is 0 Å². The minimum atomic E-state index is -0.163. The molecule has 1 N–H and O–H groups in total. The van der Waals surface area contributed by atoms with E-state index in [2.05, 4.69) is 42.8 Å². The highest BCUT2D eigenvalue weighted by molar-refractivity contribution is 5.19. The molecule has 3 heteroatoms. The predicted octanol–water partition coefficient (Wildman–Crippen LogP) is 2.72. The fraction of sp³-hybridized carbons (Fsp3) is 0.667. The molecule has 0 bridgehead atoms. The second-order valence-corrected chi connectivity index (χ2v) is 5.64. The van der Waals surface area contributed by atoms with Crippen LogP contribution in [0, 0.1) is 0 Å². The first kappa shape index (κ1) is 13.5. The van der Waals surface area contributed by atoms with Gasteiger partial charge in [-0.05, 0) is 43.9 Å². The third kappa shape index (κ3) is 3.09. The molecule has 0 amide bonds. The normalized spacial score (nSPS) is 23.3. The summed E-state index contributed by atoms with van der Waals surface area (Å²) in [6, 6.07) is 4.64. The van der Waals surface area contributed by atoms with Gasteiger partial charge in [0.25, 0.3) is 0 Å². The van der Waals surface area contributed by atoms with Crippen molar-refractivity contribution in [3.05, 3.63) is 29.6 Å². The summed E-state index contributed by atoms with van der Waals surface area (Å²) in [7, 11) is 0. The Morgan fingerprint density at radius 1 is 1.33 bits per heavy atom. The Hall–Kier alpha value is -0.930. The zero-order valence-electron chi connectivity index (χ0n) is 11.6. The zero-order valence-corrected chi connectivity index (χ0v) is 11.6. The number of hydrogen-bond donors (Lipinski definition) is 1. The maximum atomic E-state index is 9.73. The molecule has 3 nitrogen and oxygen atoms in total. The molecule has 2 rings (SSSR count). The fourth-order valence-corrected chi connectivity index (χ4v) is 2.55. The van der Waals surface area contributed by atoms with Crippen LogP contribution < -0.4 is 0 Å². The average Bonchev–Trinajstić information content (AvgIpc) is 2.38. The lowest BCUT2D eigenvalue weighted by molar-refractivity contribution is 0.0503. The first-order valence-corrected chi connectivity index (χ1v) is 6.96. The summed E-state index contributed by atoms with van der Waals surface area (Å²) >= 11 is 0. The Bertz CT molecular complexity index is 375. The molecule has 18 heavy (non-hydrogen) atoms. The Morgan fingerprint density at radius 2 is 2.11 bits per heavy atom. The van der Waals surface area contributed by atoms with E-state index < -0.39 is 0 Å². The summed E-state index contributed by atoms with van der Waals surface area (Å²) in [5, 5.41) is 9.73. The van der Waals surface area contributed by atoms with E-state index in [9.17, 15) is 5.11 Å². The van der Waals surface area contributed by atoms with Gasteiger partial charge in [0.2, 0.25) is 0 Å². The van der Waals surface area contributed by atoms with E-state index in [4.69, 9.17) is 0 Å². The van der Waals surface area contributed by atoms with E-state index in [1.54, 1.807) is 0 Å². The molecule has 0 saturated carbocycles. The summed E-state index contributed by atoms with van der Waals surface area (Å²) in [5.41, 5.74) is 2.39. The molecule has 1 aromatic heterocycles. The van der Waals surface area contributed by atoms with Gasteiger partial charge in [-0.15, -0.1) is 0 Å². The molecule has 0 aromatic carbocycles. The molecule has 2 heterocycles. The molecule has 0 unspecified atom stereocenters. The molecule has 1 fully saturated rings. The van der Waals surface area contributed by atoms with Gasteiger partial charge in [-0.1, -0.05) is 19.9 Å². The highest BCUT2D eigenvalue weighted by atomic mass is 16.3. The molecule has 1 aliphatic heterocycles. The van der Waals surface area contributed by atoms with Crippen LogP contribution in [-0.2, 0) is 0 Å². The molecule has 0 radical (unpaired) electrons. The van der Waals surface area contributed by atoms with E-state index >= 15 is 0 Å². The average molecular weight is 248 g/mol. The van der Waals surface area contributed by atoms with Crippen molar-refractivity contribution in [1.82, 2.24) is 9.88 Å². The molecular formula is C15H24N2O. The van der Waals surface area contributed by atoms with Crippen LogP contribution >= 0.6 is 0 Å². The van der Waals surface area contributed by atoms with Gasteiger partial charge in [0.05, 0.1) is 6.10 Å². The number of pyridine rings is 1. The molecule has 1 aliphatic rings. The third-order valence-corrected chi connectivity index (χ3v) is 3.86. The fourth-order valence-electron chi connectivity index (χ4n) is 2.55. The number of aliphatic hydroxyl groups is 1. The summed E-state index contributed by atoms with van der Waals surface area (Å²) in [6.07, 6.45) is 3.85. The number of piperidine rings is 1. The molecule has 1 aromatic rings. The highest BCUT2D eigenvalue weighted by Crippen LogP contribution is 2.24. The predicted molar refractivity (Wildman–Crippen MR) is 73.6 cm³/mol. The van der Waals surface area contributed by atoms with Crippen molar-refractivity contribution in [1.29, 1.82) is 0 Å². The molecule has 2 atom stereocenters. The Labute approximate surface area is 110 Å². The number of likely N-dealkylation sites (tertiary alicyclic amines) is 1. The number of aliphatic hydroxyl groups excluding tert-OH is 1. The molecular weight excluding hydrogens is 224 g/mol. The number of aromatic nitrogens is 1. The van der Waals surface area contributed by atoms with Gasteiger partial charge < -0.3 is 5.11 Å². The zero-order chi connectivity index (χ0) is 13.1. The topological polar surface area (TPSA) is 36.4 Å². The SMILES string of the molecule is CC(C)c1ccc([C@H](C)N2CCC[C@@H](O)C2)cn1. The maximum Gasteiger partial charge on any atom is 0.0667 e. The van der Waals surface area contributed by atoms with Gasteiger partial charge in [0.1, 0.15) is 0 Å². The minimum Gasteiger partial charge on any atom is -0.392 e. The van der Waals surface area contributed by atoms with Crippen molar-refractivity contribution in [2.45, 2.75) is 51.7 Å². The quantitative estimate of drug-likeness (QED) is 0.893. The van der Waals surface area contributed by atoms with Crippen molar-refractivity contribution < 1.29 is 5.11 Å². The van der Waals surface area contributed by atoms with Crippen molar-refractivity contribution >= 4 is 0 Å². The first-order chi connectivity index (χ1) is 8.58. The van der Waals surface area contributed by atoms with Crippen LogP contribution in [0.1, 0.15) is 56.8 Å². The molecule has 0 aliphatic carbocycles. The lowest BCUT2D eigenvalue weighted by atomic mass is 10.0. The molecule has 0 spiro atoms. The summed E-state index contributed by atoms with van der Waals surface area (Å²) in [4.78, 5) is 6.87. The van der Waals surface area contributed by atoms with Crippen LogP contribution in [0.25, 0.3) is 0 Å². The summed E-state index contributed by atoms with van der Waals surface area (Å²) < 4.78 is 0. The van der Waals surface area contributed by atoms with Crippen LogP contribution in [-0.4, -0.2) is 34.2 Å². The Kier molecular flexibility index (Phi) is 4.36. The van der Waals surface area contributed by atoms with Gasteiger partial charge in [0, 0.05) is 24.5 Å². The van der Waals surface area contributed by atoms with Crippen LogP contribution in [0.15, 0.2) is 18.3 Å². The number of nitrogens with zero attached hydrogens (tertiary/aromatic N) is 2. The second-order valence-electron chi connectivity index (χ2n) is 5.64. The highest BCUT2D eigenvalue weighted by Gasteiger charge is 2.23. The maximum absolute atomic E-state index is 9.73. The van der Waals surface area contributed by atoms with Crippen LogP contribution in [0.2, 0.25) is 0 Å². The van der Waals surface area contributed by atoms with E-state index in [-0.39, 0.29) is 6.10 Å². The van der Waals surface area contributed by atoms with Crippen molar-refractivity contribution in [2.75, 3.05) is 13.1 Å². The third-order valence-electron chi connectivity index (χ3n) is 3.86. The number of β-amino-alcohol motifs (C(OH)–C–C–N with tert-alkyl or cyclic N) is 1. The monoisotopic (exact) mass is 248 g/mol. The van der Waals surface area contributed by atoms with E-state index in [1.807, 2.05) is 6.20 Å². The van der Waals surface area contributed by atoms with Gasteiger partial charge >= 0.3 is 0 Å². The smallest absolute Gasteiger partial charge is 0.0667 e. The lowest BCUT2D eigenvalue weighted by Crippen LogP contribution is -2.39. The van der Waals surface area contributed by atoms with Gasteiger partial charge in [0.15, 0.2) is 0 Å². The van der Waals surface area contributed by atoms with Gasteiger partial charge in [-0.3, -0.25) is 9.88 Å². The Balaban J connectivity index is 2.05. The minimum absolute atomic E-state index is 0.163. The van der Waals surface area contributed by atoms with Crippen LogP contribution in [0.3, 0.4) is 0 Å². The summed E-state index contributed by atoms with van der Waals surface area (Å²) in [5.74, 6) is 0.478. The molecule has 100 valence electrons. The van der Waals surface area contributed by atoms with Crippen molar-refractivity contribution in [3.8, 4) is 0 Å².